The van der Waals surface area contributed by atoms with Gasteiger partial charge in [0.2, 0.25) is 0 Å². The highest BCUT2D eigenvalue weighted by Crippen LogP contribution is 2.29. The van der Waals surface area contributed by atoms with Gasteiger partial charge in [-0.05, 0) is 43.5 Å². The fourth-order valence-electron chi connectivity index (χ4n) is 2.98. The summed E-state index contributed by atoms with van der Waals surface area (Å²) >= 11 is 0. The maximum Gasteiger partial charge on any atom is 0.262 e. The molecule has 0 radical (unpaired) electrons. The predicted molar refractivity (Wildman–Crippen MR) is 101 cm³/mol. The summed E-state index contributed by atoms with van der Waals surface area (Å²) in [5.41, 5.74) is 5.75. The van der Waals surface area contributed by atoms with Crippen molar-refractivity contribution in [2.45, 2.75) is 45.1 Å². The van der Waals surface area contributed by atoms with E-state index in [9.17, 15) is 14.9 Å². The summed E-state index contributed by atoms with van der Waals surface area (Å²) in [6.45, 7) is 1.95. The fraction of sp³-hybridized carbons (Fsp3) is 0.450. The summed E-state index contributed by atoms with van der Waals surface area (Å²) < 4.78 is 10.8. The number of hydrogen-bond donors (Lipinski definition) is 2. The minimum Gasteiger partial charge on any atom is -0.490 e. The number of rotatable bonds is 8. The van der Waals surface area contributed by atoms with Crippen molar-refractivity contribution in [3.05, 3.63) is 29.3 Å². The molecule has 2 amide bonds. The van der Waals surface area contributed by atoms with Crippen LogP contribution in [0.25, 0.3) is 6.08 Å². The minimum absolute atomic E-state index is 0.0360. The van der Waals surface area contributed by atoms with E-state index in [2.05, 4.69) is 5.32 Å². The van der Waals surface area contributed by atoms with Crippen LogP contribution in [0.2, 0.25) is 0 Å². The Morgan fingerprint density at radius 2 is 2.00 bits per heavy atom. The molecule has 0 aromatic heterocycles. The first kappa shape index (κ1) is 20.3. The number of amides is 2. The lowest BCUT2D eigenvalue weighted by molar-refractivity contribution is -0.120. The number of nitrogens with two attached hydrogens (primary N) is 1. The highest BCUT2D eigenvalue weighted by molar-refractivity contribution is 6.01. The Balaban J connectivity index is 2.15. The Kier molecular flexibility index (Phi) is 7.68. The lowest BCUT2D eigenvalue weighted by atomic mass is 9.95. The van der Waals surface area contributed by atoms with Crippen LogP contribution >= 0.6 is 0 Å². The van der Waals surface area contributed by atoms with Crippen LogP contribution in [-0.4, -0.2) is 31.1 Å². The fourth-order valence-corrected chi connectivity index (χ4v) is 2.98. The van der Waals surface area contributed by atoms with Gasteiger partial charge in [0.05, 0.1) is 6.61 Å². The molecule has 1 fully saturated rings. The van der Waals surface area contributed by atoms with Crippen LogP contribution in [0.3, 0.4) is 0 Å². The average Bonchev–Trinajstić information content (AvgIpc) is 2.66. The van der Waals surface area contributed by atoms with Crippen molar-refractivity contribution in [1.82, 2.24) is 5.32 Å². The third kappa shape index (κ3) is 6.33. The quantitative estimate of drug-likeness (QED) is 0.537. The van der Waals surface area contributed by atoms with Crippen LogP contribution in [-0.2, 0) is 9.59 Å². The molecule has 0 atom stereocenters. The highest BCUT2D eigenvalue weighted by Gasteiger charge is 2.18. The van der Waals surface area contributed by atoms with Crippen LogP contribution in [0.15, 0.2) is 23.8 Å². The van der Waals surface area contributed by atoms with E-state index in [4.69, 9.17) is 15.2 Å². The molecule has 1 aliphatic rings. The molecule has 1 aromatic carbocycles. The molecule has 27 heavy (non-hydrogen) atoms. The zero-order valence-electron chi connectivity index (χ0n) is 15.5. The highest BCUT2D eigenvalue weighted by atomic mass is 16.5. The molecule has 0 heterocycles. The molecule has 1 aliphatic carbocycles. The van der Waals surface area contributed by atoms with Crippen molar-refractivity contribution < 1.29 is 19.1 Å². The molecule has 1 aromatic rings. The monoisotopic (exact) mass is 371 g/mol. The summed E-state index contributed by atoms with van der Waals surface area (Å²) in [5.74, 6) is -0.167. The van der Waals surface area contributed by atoms with Crippen molar-refractivity contribution >= 4 is 17.9 Å². The van der Waals surface area contributed by atoms with E-state index in [1.807, 2.05) is 13.0 Å². The molecule has 0 unspecified atom stereocenters. The zero-order chi connectivity index (χ0) is 19.6. The van der Waals surface area contributed by atoms with Gasteiger partial charge in [0.25, 0.3) is 11.8 Å². The van der Waals surface area contributed by atoms with Crippen LogP contribution in [0, 0.1) is 11.3 Å². The first-order chi connectivity index (χ1) is 13.0. The third-order valence-corrected chi connectivity index (χ3v) is 4.25. The van der Waals surface area contributed by atoms with Crippen LogP contribution < -0.4 is 20.5 Å². The summed E-state index contributed by atoms with van der Waals surface area (Å²) in [6.07, 6.45) is 6.80. The lowest BCUT2D eigenvalue weighted by Crippen LogP contribution is -2.36. The number of ether oxygens (including phenoxy) is 2. The van der Waals surface area contributed by atoms with Crippen LogP contribution in [0.1, 0.15) is 44.6 Å². The second kappa shape index (κ2) is 10.2. The Morgan fingerprint density at radius 3 is 2.63 bits per heavy atom. The normalized spacial score (nSPS) is 14.9. The first-order valence-corrected chi connectivity index (χ1v) is 9.14. The van der Waals surface area contributed by atoms with E-state index in [0.717, 1.165) is 25.7 Å². The van der Waals surface area contributed by atoms with Crippen molar-refractivity contribution in [3.63, 3.8) is 0 Å². The van der Waals surface area contributed by atoms with Gasteiger partial charge in [0.1, 0.15) is 11.6 Å². The molecular weight excluding hydrogens is 346 g/mol. The number of nitrogens with zero attached hydrogens (tertiary/aromatic N) is 1. The first-order valence-electron chi connectivity index (χ1n) is 9.14. The van der Waals surface area contributed by atoms with Crippen molar-refractivity contribution in [2.75, 3.05) is 13.2 Å². The van der Waals surface area contributed by atoms with E-state index in [0.29, 0.717) is 23.7 Å². The number of nitriles is 1. The number of carbonyl (C=O) groups excluding carboxylic acids is 2. The van der Waals surface area contributed by atoms with Gasteiger partial charge in [-0.25, -0.2) is 0 Å². The van der Waals surface area contributed by atoms with Gasteiger partial charge in [-0.3, -0.25) is 9.59 Å². The third-order valence-electron chi connectivity index (χ3n) is 4.25. The van der Waals surface area contributed by atoms with Gasteiger partial charge in [0, 0.05) is 6.04 Å². The number of primary amides is 1. The number of carbonyl (C=O) groups is 2. The summed E-state index contributed by atoms with van der Waals surface area (Å²) in [5, 5.41) is 12.3. The summed E-state index contributed by atoms with van der Waals surface area (Å²) in [7, 11) is 0. The Hall–Kier alpha value is -3.01. The van der Waals surface area contributed by atoms with Gasteiger partial charge >= 0.3 is 0 Å². The van der Waals surface area contributed by atoms with Crippen molar-refractivity contribution in [3.8, 4) is 17.6 Å². The lowest BCUT2D eigenvalue weighted by Gasteiger charge is -2.22. The van der Waals surface area contributed by atoms with E-state index in [-0.39, 0.29) is 24.1 Å². The SMILES string of the molecule is CCOc1cc(/C=C(/C#N)C(=O)NC2CCCCC2)ccc1OCC(N)=O. The van der Waals surface area contributed by atoms with Crippen molar-refractivity contribution in [2.24, 2.45) is 5.73 Å². The van der Waals surface area contributed by atoms with Crippen LogP contribution in [0.4, 0.5) is 0 Å². The minimum atomic E-state index is -0.590. The van der Waals surface area contributed by atoms with E-state index in [1.165, 1.54) is 12.5 Å². The molecule has 7 nitrogen and oxygen atoms in total. The van der Waals surface area contributed by atoms with Gasteiger partial charge < -0.3 is 20.5 Å². The maximum absolute atomic E-state index is 12.4. The molecule has 7 heteroatoms. The standard InChI is InChI=1S/C20H25N3O4/c1-2-26-18-11-14(8-9-17(18)27-13-19(22)24)10-15(12-21)20(25)23-16-6-4-3-5-7-16/h8-11,16H,2-7,13H2,1H3,(H2,22,24)(H,23,25)/b15-10-. The molecule has 0 saturated heterocycles. The molecule has 144 valence electrons. The van der Waals surface area contributed by atoms with E-state index < -0.39 is 5.91 Å². The van der Waals surface area contributed by atoms with E-state index >= 15 is 0 Å². The maximum atomic E-state index is 12.4. The summed E-state index contributed by atoms with van der Waals surface area (Å²) in [6, 6.07) is 7.05. The number of hydrogen-bond acceptors (Lipinski definition) is 5. The Morgan fingerprint density at radius 1 is 1.26 bits per heavy atom. The molecule has 0 bridgehead atoms. The van der Waals surface area contributed by atoms with Crippen molar-refractivity contribution in [1.29, 1.82) is 5.26 Å². The number of nitrogens with one attached hydrogen (secondary N) is 1. The average molecular weight is 371 g/mol. The van der Waals surface area contributed by atoms with Crippen LogP contribution in [0.5, 0.6) is 11.5 Å². The van der Waals surface area contributed by atoms with E-state index in [1.54, 1.807) is 18.2 Å². The summed E-state index contributed by atoms with van der Waals surface area (Å²) in [4.78, 5) is 23.3. The zero-order valence-corrected chi connectivity index (χ0v) is 15.5. The molecule has 1 saturated carbocycles. The predicted octanol–water partition coefficient (Wildman–Crippen LogP) is 2.31. The second-order valence-corrected chi connectivity index (χ2v) is 6.37. The molecule has 3 N–H and O–H groups in total. The molecule has 0 aliphatic heterocycles. The molecule has 0 spiro atoms. The largest absolute Gasteiger partial charge is 0.490 e. The van der Waals surface area contributed by atoms with Gasteiger partial charge in [-0.1, -0.05) is 25.3 Å². The molecular formula is C20H25N3O4. The second-order valence-electron chi connectivity index (χ2n) is 6.37. The smallest absolute Gasteiger partial charge is 0.262 e. The van der Waals surface area contributed by atoms with Gasteiger partial charge in [-0.15, -0.1) is 0 Å². The Bertz CT molecular complexity index is 746. The number of benzene rings is 1. The van der Waals surface area contributed by atoms with Gasteiger partial charge in [-0.2, -0.15) is 5.26 Å². The van der Waals surface area contributed by atoms with Gasteiger partial charge in [0.15, 0.2) is 18.1 Å². The Labute approximate surface area is 159 Å². The molecule has 2 rings (SSSR count). The topological polar surface area (TPSA) is 114 Å².